The van der Waals surface area contributed by atoms with Gasteiger partial charge in [-0.05, 0) is 56.2 Å². The van der Waals surface area contributed by atoms with Crippen molar-refractivity contribution in [1.29, 1.82) is 0 Å². The lowest BCUT2D eigenvalue weighted by atomic mass is 10.1. The molecule has 8 heteroatoms. The minimum Gasteiger partial charge on any atom is -0.366 e. The summed E-state index contributed by atoms with van der Waals surface area (Å²) < 4.78 is 31.6. The minimum absolute atomic E-state index is 0.0560. The van der Waals surface area contributed by atoms with Gasteiger partial charge in [0.25, 0.3) is 0 Å². The van der Waals surface area contributed by atoms with Crippen molar-refractivity contribution in [2.75, 3.05) is 24.5 Å². The fraction of sp³-hybridized carbons (Fsp3) is 0.409. The maximum absolute atomic E-state index is 13.5. The Bertz CT molecular complexity index is 1290. The van der Waals surface area contributed by atoms with Gasteiger partial charge in [0.2, 0.25) is 10.0 Å². The smallest absolute Gasteiger partial charge is 0.328 e. The fourth-order valence-electron chi connectivity index (χ4n) is 4.38. The number of hydrogen-bond donors (Lipinski definition) is 0. The number of fused-ring (bicyclic) bond motifs is 1. The number of anilines is 1. The van der Waals surface area contributed by atoms with E-state index in [0.29, 0.717) is 30.7 Å². The number of imidazole rings is 1. The predicted molar refractivity (Wildman–Crippen MR) is 120 cm³/mol. The third kappa shape index (κ3) is 3.24. The fourth-order valence-corrected chi connectivity index (χ4v) is 6.12. The highest BCUT2D eigenvalue weighted by atomic mass is 32.2. The summed E-state index contributed by atoms with van der Waals surface area (Å²) in [4.78, 5) is 14.8. The summed E-state index contributed by atoms with van der Waals surface area (Å²) in [5.74, 6) is 0. The molecule has 1 fully saturated rings. The molecular formula is C22H28N4O3S. The van der Waals surface area contributed by atoms with E-state index in [1.807, 2.05) is 6.07 Å². The molecule has 0 spiro atoms. The Balaban J connectivity index is 1.67. The zero-order valence-corrected chi connectivity index (χ0v) is 18.9. The average molecular weight is 429 g/mol. The first-order valence-corrected chi connectivity index (χ1v) is 11.5. The molecule has 0 saturated carbocycles. The van der Waals surface area contributed by atoms with Gasteiger partial charge in [-0.25, -0.2) is 13.2 Å². The maximum Gasteiger partial charge on any atom is 0.328 e. The molecule has 2 aromatic carbocycles. The Morgan fingerprint density at radius 3 is 2.27 bits per heavy atom. The summed E-state index contributed by atoms with van der Waals surface area (Å²) in [6.07, 6.45) is 0. The van der Waals surface area contributed by atoms with Crippen molar-refractivity contribution in [1.82, 2.24) is 13.4 Å². The van der Waals surface area contributed by atoms with Gasteiger partial charge < -0.3 is 4.90 Å². The van der Waals surface area contributed by atoms with E-state index in [9.17, 15) is 13.2 Å². The molecule has 1 aromatic heterocycles. The molecule has 0 bridgehead atoms. The van der Waals surface area contributed by atoms with Gasteiger partial charge in [0, 0.05) is 45.5 Å². The second-order valence-corrected chi connectivity index (χ2v) is 10.2. The molecular weight excluding hydrogens is 400 g/mol. The zero-order chi connectivity index (χ0) is 21.8. The highest BCUT2D eigenvalue weighted by Gasteiger charge is 2.33. The van der Waals surface area contributed by atoms with Gasteiger partial charge >= 0.3 is 5.69 Å². The van der Waals surface area contributed by atoms with Gasteiger partial charge in [0.15, 0.2) is 0 Å². The number of aryl methyl sites for hydroxylation is 4. The van der Waals surface area contributed by atoms with Crippen LogP contribution in [-0.4, -0.2) is 47.5 Å². The number of benzene rings is 2. The lowest BCUT2D eigenvalue weighted by Gasteiger charge is -2.40. The molecule has 2 heterocycles. The monoisotopic (exact) mass is 428 g/mol. The van der Waals surface area contributed by atoms with E-state index in [1.54, 1.807) is 42.0 Å². The number of hydrogen-bond acceptors (Lipinski definition) is 4. The van der Waals surface area contributed by atoms with Crippen LogP contribution in [0.1, 0.15) is 18.1 Å². The molecule has 0 amide bonds. The summed E-state index contributed by atoms with van der Waals surface area (Å²) in [6, 6.07) is 11.8. The van der Waals surface area contributed by atoms with E-state index in [2.05, 4.69) is 36.9 Å². The topological polar surface area (TPSA) is 67.6 Å². The Kier molecular flexibility index (Phi) is 5.02. The van der Waals surface area contributed by atoms with Crippen LogP contribution in [0.5, 0.6) is 0 Å². The largest absolute Gasteiger partial charge is 0.366 e. The number of nitrogens with zero attached hydrogens (tertiary/aromatic N) is 4. The van der Waals surface area contributed by atoms with Crippen LogP contribution >= 0.6 is 0 Å². The molecule has 7 nitrogen and oxygen atoms in total. The number of piperazine rings is 1. The second-order valence-electron chi connectivity index (χ2n) is 8.25. The third-order valence-electron chi connectivity index (χ3n) is 6.11. The highest BCUT2D eigenvalue weighted by Crippen LogP contribution is 2.28. The summed E-state index contributed by atoms with van der Waals surface area (Å²) in [7, 11) is -0.305. The molecule has 0 radical (unpaired) electrons. The standard InChI is InChI=1S/C22H28N4O3S/c1-15-7-6-8-18(11-15)26-10-9-25(14-17(26)3)30(28,29)21-13-20-19(12-16(21)2)23(4)22(27)24(20)5/h6-8,11-13,17H,9-10,14H2,1-5H3. The molecule has 1 unspecified atom stereocenters. The van der Waals surface area contributed by atoms with E-state index >= 15 is 0 Å². The molecule has 0 N–H and O–H groups in total. The first-order valence-electron chi connectivity index (χ1n) is 10.1. The van der Waals surface area contributed by atoms with Crippen LogP contribution in [0.4, 0.5) is 5.69 Å². The minimum atomic E-state index is -3.67. The maximum atomic E-state index is 13.5. The van der Waals surface area contributed by atoms with Crippen LogP contribution < -0.4 is 10.6 Å². The van der Waals surface area contributed by atoms with Crippen molar-refractivity contribution in [3.63, 3.8) is 0 Å². The molecule has 1 aliphatic heterocycles. The van der Waals surface area contributed by atoms with Gasteiger partial charge in [0.05, 0.1) is 15.9 Å². The quantitative estimate of drug-likeness (QED) is 0.643. The molecule has 1 saturated heterocycles. The number of aromatic nitrogens is 2. The Labute approximate surface area is 177 Å². The van der Waals surface area contributed by atoms with E-state index in [1.165, 1.54) is 10.1 Å². The average Bonchev–Trinajstić information content (AvgIpc) is 2.91. The second kappa shape index (κ2) is 7.28. The van der Waals surface area contributed by atoms with Crippen LogP contribution in [0.15, 0.2) is 46.1 Å². The Morgan fingerprint density at radius 1 is 0.967 bits per heavy atom. The predicted octanol–water partition coefficient (Wildman–Crippen LogP) is 2.39. The van der Waals surface area contributed by atoms with Crippen LogP contribution in [0.2, 0.25) is 0 Å². The number of rotatable bonds is 3. The van der Waals surface area contributed by atoms with E-state index < -0.39 is 10.0 Å². The summed E-state index contributed by atoms with van der Waals surface area (Å²) in [6.45, 7) is 7.38. The van der Waals surface area contributed by atoms with E-state index in [-0.39, 0.29) is 16.6 Å². The molecule has 0 aliphatic carbocycles. The zero-order valence-electron chi connectivity index (χ0n) is 18.1. The van der Waals surface area contributed by atoms with Crippen LogP contribution in [0.25, 0.3) is 11.0 Å². The summed E-state index contributed by atoms with van der Waals surface area (Å²) in [5.41, 5.74) is 4.15. The molecule has 1 atom stereocenters. The molecule has 160 valence electrons. The molecule has 3 aromatic rings. The van der Waals surface area contributed by atoms with Crippen LogP contribution in [0, 0.1) is 13.8 Å². The van der Waals surface area contributed by atoms with Crippen molar-refractivity contribution in [3.05, 3.63) is 58.0 Å². The van der Waals surface area contributed by atoms with E-state index in [4.69, 9.17) is 0 Å². The van der Waals surface area contributed by atoms with Gasteiger partial charge in [0.1, 0.15) is 0 Å². The molecule has 1 aliphatic rings. The summed E-state index contributed by atoms with van der Waals surface area (Å²) in [5, 5.41) is 0. The van der Waals surface area contributed by atoms with Crippen molar-refractivity contribution in [2.24, 2.45) is 14.1 Å². The van der Waals surface area contributed by atoms with Crippen LogP contribution in [0.3, 0.4) is 0 Å². The van der Waals surface area contributed by atoms with Gasteiger partial charge in [-0.2, -0.15) is 4.31 Å². The first kappa shape index (κ1) is 20.7. The van der Waals surface area contributed by atoms with Crippen molar-refractivity contribution in [2.45, 2.75) is 31.7 Å². The lowest BCUT2D eigenvalue weighted by molar-refractivity contribution is 0.342. The third-order valence-corrected chi connectivity index (χ3v) is 8.12. The van der Waals surface area contributed by atoms with Gasteiger partial charge in [-0.15, -0.1) is 0 Å². The molecule has 4 rings (SSSR count). The molecule has 30 heavy (non-hydrogen) atoms. The number of sulfonamides is 1. The van der Waals surface area contributed by atoms with Crippen molar-refractivity contribution >= 4 is 26.7 Å². The Morgan fingerprint density at radius 2 is 1.63 bits per heavy atom. The summed E-state index contributed by atoms with van der Waals surface area (Å²) >= 11 is 0. The van der Waals surface area contributed by atoms with Crippen molar-refractivity contribution in [3.8, 4) is 0 Å². The van der Waals surface area contributed by atoms with E-state index in [0.717, 1.165) is 11.2 Å². The highest BCUT2D eigenvalue weighted by molar-refractivity contribution is 7.89. The lowest BCUT2D eigenvalue weighted by Crippen LogP contribution is -2.53. The Hall–Kier alpha value is -2.58. The SMILES string of the molecule is Cc1cccc(N2CCN(S(=O)(=O)c3cc4c(cc3C)n(C)c(=O)n4C)CC2C)c1. The van der Waals surface area contributed by atoms with Gasteiger partial charge in [-0.3, -0.25) is 9.13 Å². The first-order chi connectivity index (χ1) is 14.1. The van der Waals surface area contributed by atoms with Crippen LogP contribution in [-0.2, 0) is 24.1 Å². The van der Waals surface area contributed by atoms with Gasteiger partial charge in [-0.1, -0.05) is 12.1 Å². The van der Waals surface area contributed by atoms with Crippen molar-refractivity contribution < 1.29 is 8.42 Å². The normalized spacial score (nSPS) is 18.3.